The standard InChI is InChI=1S/C19H21FN2O3S/c1-2-21-26(24,25)16-10-11-18(20)17(12-16)19(23)22(15-8-9-15)13-14-6-4-3-5-7-14/h3-7,10-12,15,21H,2,8-9,13H2,1H3. The maximum absolute atomic E-state index is 14.3. The van der Waals surface area contributed by atoms with Gasteiger partial charge in [-0.05, 0) is 36.6 Å². The van der Waals surface area contributed by atoms with Gasteiger partial charge in [0, 0.05) is 19.1 Å². The fourth-order valence-corrected chi connectivity index (χ4v) is 3.86. The number of amides is 1. The van der Waals surface area contributed by atoms with Crippen molar-refractivity contribution in [1.29, 1.82) is 0 Å². The summed E-state index contributed by atoms with van der Waals surface area (Å²) in [6.45, 7) is 2.24. The lowest BCUT2D eigenvalue weighted by Gasteiger charge is -2.23. The summed E-state index contributed by atoms with van der Waals surface area (Å²) < 4.78 is 41.0. The molecule has 0 heterocycles. The maximum atomic E-state index is 14.3. The van der Waals surface area contributed by atoms with E-state index in [4.69, 9.17) is 0 Å². The summed E-state index contributed by atoms with van der Waals surface area (Å²) in [6.07, 6.45) is 1.74. The van der Waals surface area contributed by atoms with Crippen LogP contribution >= 0.6 is 0 Å². The molecule has 0 atom stereocenters. The zero-order valence-corrected chi connectivity index (χ0v) is 15.3. The van der Waals surface area contributed by atoms with Gasteiger partial charge in [-0.1, -0.05) is 37.3 Å². The number of halogens is 1. The predicted molar refractivity (Wildman–Crippen MR) is 96.6 cm³/mol. The highest BCUT2D eigenvalue weighted by atomic mass is 32.2. The van der Waals surface area contributed by atoms with Gasteiger partial charge in [0.1, 0.15) is 5.82 Å². The first-order valence-corrected chi connectivity index (χ1v) is 10.0. The van der Waals surface area contributed by atoms with Gasteiger partial charge in [-0.15, -0.1) is 0 Å². The van der Waals surface area contributed by atoms with Crippen molar-refractivity contribution in [2.45, 2.75) is 37.2 Å². The first kappa shape index (κ1) is 18.5. The molecule has 26 heavy (non-hydrogen) atoms. The predicted octanol–water partition coefficient (Wildman–Crippen LogP) is 2.93. The molecule has 1 amide bonds. The fourth-order valence-electron chi connectivity index (χ4n) is 2.80. The van der Waals surface area contributed by atoms with E-state index in [2.05, 4.69) is 4.72 Å². The van der Waals surface area contributed by atoms with Gasteiger partial charge in [-0.2, -0.15) is 0 Å². The fraction of sp³-hybridized carbons (Fsp3) is 0.316. The molecule has 5 nitrogen and oxygen atoms in total. The zero-order chi connectivity index (χ0) is 18.7. The van der Waals surface area contributed by atoms with Gasteiger partial charge in [-0.3, -0.25) is 4.79 Å². The summed E-state index contributed by atoms with van der Waals surface area (Å²) in [5.74, 6) is -1.20. The highest BCUT2D eigenvalue weighted by molar-refractivity contribution is 7.89. The molecule has 7 heteroatoms. The Bertz CT molecular complexity index is 896. The van der Waals surface area contributed by atoms with Gasteiger partial charge in [-0.25, -0.2) is 17.5 Å². The summed E-state index contributed by atoms with van der Waals surface area (Å²) in [6, 6.07) is 12.9. The van der Waals surface area contributed by atoms with E-state index >= 15 is 0 Å². The second kappa shape index (κ2) is 7.55. The van der Waals surface area contributed by atoms with Crippen LogP contribution in [0.15, 0.2) is 53.4 Å². The van der Waals surface area contributed by atoms with Gasteiger partial charge in [0.15, 0.2) is 0 Å². The van der Waals surface area contributed by atoms with Crippen LogP contribution in [-0.4, -0.2) is 31.8 Å². The van der Waals surface area contributed by atoms with Crippen LogP contribution < -0.4 is 4.72 Å². The molecular formula is C19H21FN2O3S. The van der Waals surface area contributed by atoms with Crippen LogP contribution in [0, 0.1) is 5.82 Å². The minimum Gasteiger partial charge on any atom is -0.331 e. The molecule has 2 aromatic rings. The minimum atomic E-state index is -3.76. The third-order valence-corrected chi connectivity index (χ3v) is 5.80. The molecule has 1 aliphatic carbocycles. The highest BCUT2D eigenvalue weighted by Gasteiger charge is 2.34. The van der Waals surface area contributed by atoms with E-state index in [9.17, 15) is 17.6 Å². The molecule has 0 radical (unpaired) electrons. The summed E-state index contributed by atoms with van der Waals surface area (Å²) in [5.41, 5.74) is 0.733. The van der Waals surface area contributed by atoms with Crippen molar-refractivity contribution in [1.82, 2.24) is 9.62 Å². The number of nitrogens with one attached hydrogen (secondary N) is 1. The van der Waals surface area contributed by atoms with E-state index in [0.29, 0.717) is 6.54 Å². The zero-order valence-electron chi connectivity index (χ0n) is 14.5. The molecule has 3 rings (SSSR count). The van der Waals surface area contributed by atoms with Crippen molar-refractivity contribution < 1.29 is 17.6 Å². The third kappa shape index (κ3) is 4.11. The number of hydrogen-bond donors (Lipinski definition) is 1. The Morgan fingerprint density at radius 1 is 1.19 bits per heavy atom. The number of hydrogen-bond acceptors (Lipinski definition) is 3. The molecule has 1 aliphatic rings. The number of benzene rings is 2. The molecule has 138 valence electrons. The largest absolute Gasteiger partial charge is 0.331 e. The average Bonchev–Trinajstić information content (AvgIpc) is 3.45. The smallest absolute Gasteiger partial charge is 0.257 e. The van der Waals surface area contributed by atoms with Crippen molar-refractivity contribution in [3.05, 3.63) is 65.5 Å². The van der Waals surface area contributed by atoms with Crippen LogP contribution in [0.1, 0.15) is 35.7 Å². The first-order chi connectivity index (χ1) is 12.4. The van der Waals surface area contributed by atoms with Gasteiger partial charge >= 0.3 is 0 Å². The van der Waals surface area contributed by atoms with E-state index in [-0.39, 0.29) is 23.0 Å². The molecule has 1 N–H and O–H groups in total. The van der Waals surface area contributed by atoms with Crippen LogP contribution in [0.5, 0.6) is 0 Å². The molecule has 1 saturated carbocycles. The van der Waals surface area contributed by atoms with Crippen molar-refractivity contribution in [3.63, 3.8) is 0 Å². The first-order valence-electron chi connectivity index (χ1n) is 8.56. The second-order valence-corrected chi connectivity index (χ2v) is 8.06. The second-order valence-electron chi connectivity index (χ2n) is 6.29. The van der Waals surface area contributed by atoms with Gasteiger partial charge in [0.25, 0.3) is 5.91 Å². The van der Waals surface area contributed by atoms with E-state index in [1.54, 1.807) is 11.8 Å². The molecule has 0 unspecified atom stereocenters. The van der Waals surface area contributed by atoms with E-state index in [1.165, 1.54) is 6.07 Å². The average molecular weight is 376 g/mol. The molecule has 0 spiro atoms. The Hall–Kier alpha value is -2.25. The Labute approximate surface area is 152 Å². The lowest BCUT2D eigenvalue weighted by molar-refractivity contribution is 0.0725. The molecule has 0 bridgehead atoms. The summed E-state index contributed by atoms with van der Waals surface area (Å²) in [4.78, 5) is 14.5. The normalized spacial score (nSPS) is 14.2. The minimum absolute atomic E-state index is 0.0659. The summed E-state index contributed by atoms with van der Waals surface area (Å²) >= 11 is 0. The van der Waals surface area contributed by atoms with Crippen molar-refractivity contribution in [2.24, 2.45) is 0 Å². The lowest BCUT2D eigenvalue weighted by Crippen LogP contribution is -2.33. The Morgan fingerprint density at radius 3 is 2.50 bits per heavy atom. The van der Waals surface area contributed by atoms with Crippen LogP contribution in [0.4, 0.5) is 4.39 Å². The third-order valence-electron chi connectivity index (χ3n) is 4.26. The summed E-state index contributed by atoms with van der Waals surface area (Å²) in [5, 5.41) is 0. The Balaban J connectivity index is 1.92. The van der Waals surface area contributed by atoms with Gasteiger partial charge in [0.05, 0.1) is 10.5 Å². The Kier molecular flexibility index (Phi) is 5.38. The Morgan fingerprint density at radius 2 is 1.88 bits per heavy atom. The molecule has 0 aliphatic heterocycles. The van der Waals surface area contributed by atoms with Crippen molar-refractivity contribution in [2.75, 3.05) is 6.54 Å². The number of carbonyl (C=O) groups excluding carboxylic acids is 1. The number of carbonyl (C=O) groups is 1. The molecule has 0 aromatic heterocycles. The SMILES string of the molecule is CCNS(=O)(=O)c1ccc(F)c(C(=O)N(Cc2ccccc2)C2CC2)c1. The van der Waals surface area contributed by atoms with E-state index in [1.807, 2.05) is 30.3 Å². The number of rotatable bonds is 7. The lowest BCUT2D eigenvalue weighted by atomic mass is 10.1. The van der Waals surface area contributed by atoms with E-state index < -0.39 is 21.7 Å². The van der Waals surface area contributed by atoms with Crippen LogP contribution in [0.3, 0.4) is 0 Å². The van der Waals surface area contributed by atoms with Crippen LogP contribution in [-0.2, 0) is 16.6 Å². The maximum Gasteiger partial charge on any atom is 0.257 e. The topological polar surface area (TPSA) is 66.5 Å². The molecule has 1 fully saturated rings. The van der Waals surface area contributed by atoms with E-state index in [0.717, 1.165) is 30.5 Å². The van der Waals surface area contributed by atoms with Crippen LogP contribution in [0.25, 0.3) is 0 Å². The molecule has 0 saturated heterocycles. The molecule has 2 aromatic carbocycles. The number of nitrogens with zero attached hydrogens (tertiary/aromatic N) is 1. The molecular weight excluding hydrogens is 355 g/mol. The summed E-state index contributed by atoms with van der Waals surface area (Å²) in [7, 11) is -3.76. The monoisotopic (exact) mass is 376 g/mol. The number of sulfonamides is 1. The van der Waals surface area contributed by atoms with Crippen molar-refractivity contribution in [3.8, 4) is 0 Å². The van der Waals surface area contributed by atoms with Gasteiger partial charge < -0.3 is 4.90 Å². The van der Waals surface area contributed by atoms with Gasteiger partial charge in [0.2, 0.25) is 10.0 Å². The highest BCUT2D eigenvalue weighted by Crippen LogP contribution is 2.30. The van der Waals surface area contributed by atoms with Crippen molar-refractivity contribution >= 4 is 15.9 Å². The van der Waals surface area contributed by atoms with Crippen LogP contribution in [0.2, 0.25) is 0 Å². The quantitative estimate of drug-likeness (QED) is 0.808.